The van der Waals surface area contributed by atoms with Gasteiger partial charge in [-0.05, 0) is 18.4 Å². The van der Waals surface area contributed by atoms with Crippen LogP contribution in [0, 0.1) is 0 Å². The van der Waals surface area contributed by atoms with E-state index in [2.05, 4.69) is 22.3 Å². The Balaban J connectivity index is 1.62. The van der Waals surface area contributed by atoms with Crippen molar-refractivity contribution < 1.29 is 14.4 Å². The summed E-state index contributed by atoms with van der Waals surface area (Å²) in [6.45, 7) is 1.04. The summed E-state index contributed by atoms with van der Waals surface area (Å²) in [5.74, 6) is 0.976. The van der Waals surface area contributed by atoms with Gasteiger partial charge in [0.15, 0.2) is 5.82 Å². The van der Waals surface area contributed by atoms with Crippen molar-refractivity contribution in [3.05, 3.63) is 47.6 Å². The molecule has 0 amide bonds. The first-order chi connectivity index (χ1) is 9.83. The van der Waals surface area contributed by atoms with Crippen LogP contribution in [0.4, 0.5) is 0 Å². The fraction of sp³-hybridized carbons (Fsp3) is 0.467. The predicted molar refractivity (Wildman–Crippen MR) is 72.3 cm³/mol. The summed E-state index contributed by atoms with van der Waals surface area (Å²) < 4.78 is 10.6. The lowest BCUT2D eigenvalue weighted by molar-refractivity contribution is -0.0149. The normalized spacial score (nSPS) is 22.9. The minimum atomic E-state index is -0.453. The molecule has 2 heterocycles. The van der Waals surface area contributed by atoms with E-state index in [4.69, 9.17) is 9.26 Å². The number of ether oxygens (including phenoxy) is 1. The maximum atomic E-state index is 9.93. The van der Waals surface area contributed by atoms with Crippen LogP contribution in [0.3, 0.4) is 0 Å². The second kappa shape index (κ2) is 6.15. The standard InChI is InChI=1S/C15H18N2O3/c18-13-8-9-19-10-12(13)15-16-14(17-20-15)7-6-11-4-2-1-3-5-11/h1-5,12-13,18H,6-10H2. The van der Waals surface area contributed by atoms with Gasteiger partial charge in [-0.3, -0.25) is 0 Å². The summed E-state index contributed by atoms with van der Waals surface area (Å²) in [6, 6.07) is 10.2. The minimum Gasteiger partial charge on any atom is -0.392 e. The van der Waals surface area contributed by atoms with Crippen LogP contribution in [0.5, 0.6) is 0 Å². The molecule has 1 aliphatic heterocycles. The predicted octanol–water partition coefficient (Wildman–Crippen LogP) is 1.72. The molecule has 106 valence electrons. The summed E-state index contributed by atoms with van der Waals surface area (Å²) >= 11 is 0. The largest absolute Gasteiger partial charge is 0.392 e. The van der Waals surface area contributed by atoms with Crippen LogP contribution in [0.1, 0.15) is 29.6 Å². The quantitative estimate of drug-likeness (QED) is 0.919. The highest BCUT2D eigenvalue weighted by molar-refractivity contribution is 5.15. The smallest absolute Gasteiger partial charge is 0.234 e. The number of benzene rings is 1. The van der Waals surface area contributed by atoms with Crippen LogP contribution in [0.15, 0.2) is 34.9 Å². The Labute approximate surface area is 117 Å². The van der Waals surface area contributed by atoms with Crippen molar-refractivity contribution in [3.63, 3.8) is 0 Å². The zero-order valence-corrected chi connectivity index (χ0v) is 11.2. The molecule has 0 saturated carbocycles. The lowest BCUT2D eigenvalue weighted by Gasteiger charge is -2.24. The van der Waals surface area contributed by atoms with Crippen LogP contribution in [-0.2, 0) is 17.6 Å². The van der Waals surface area contributed by atoms with E-state index in [1.165, 1.54) is 5.56 Å². The molecule has 5 heteroatoms. The molecular formula is C15H18N2O3. The van der Waals surface area contributed by atoms with E-state index in [0.29, 0.717) is 31.3 Å². The monoisotopic (exact) mass is 274 g/mol. The first-order valence-electron chi connectivity index (χ1n) is 6.95. The van der Waals surface area contributed by atoms with Crippen LogP contribution >= 0.6 is 0 Å². The van der Waals surface area contributed by atoms with Crippen LogP contribution in [0.25, 0.3) is 0 Å². The van der Waals surface area contributed by atoms with E-state index in [1.807, 2.05) is 18.2 Å². The Morgan fingerprint density at radius 1 is 1.20 bits per heavy atom. The molecule has 1 N–H and O–H groups in total. The summed E-state index contributed by atoms with van der Waals surface area (Å²) in [6.07, 6.45) is 1.78. The Morgan fingerprint density at radius 3 is 2.85 bits per heavy atom. The molecule has 1 saturated heterocycles. The molecule has 1 fully saturated rings. The van der Waals surface area contributed by atoms with E-state index >= 15 is 0 Å². The Bertz CT molecular complexity index is 541. The van der Waals surface area contributed by atoms with Gasteiger partial charge in [0.25, 0.3) is 0 Å². The zero-order chi connectivity index (χ0) is 13.8. The second-order valence-corrected chi connectivity index (χ2v) is 5.07. The molecule has 0 spiro atoms. The maximum absolute atomic E-state index is 9.93. The molecule has 0 bridgehead atoms. The Morgan fingerprint density at radius 2 is 2.05 bits per heavy atom. The van der Waals surface area contributed by atoms with Crippen LogP contribution < -0.4 is 0 Å². The zero-order valence-electron chi connectivity index (χ0n) is 11.2. The van der Waals surface area contributed by atoms with Gasteiger partial charge in [-0.1, -0.05) is 35.5 Å². The van der Waals surface area contributed by atoms with Gasteiger partial charge in [-0.15, -0.1) is 0 Å². The molecule has 5 nitrogen and oxygen atoms in total. The van der Waals surface area contributed by atoms with Gasteiger partial charge in [0, 0.05) is 13.0 Å². The number of hydrogen-bond acceptors (Lipinski definition) is 5. The molecule has 2 atom stereocenters. The summed E-state index contributed by atoms with van der Waals surface area (Å²) in [5, 5.41) is 13.9. The highest BCUT2D eigenvalue weighted by atomic mass is 16.5. The van der Waals surface area contributed by atoms with Crippen LogP contribution in [0.2, 0.25) is 0 Å². The number of rotatable bonds is 4. The van der Waals surface area contributed by atoms with E-state index in [-0.39, 0.29) is 5.92 Å². The molecule has 1 aliphatic rings. The molecule has 0 radical (unpaired) electrons. The van der Waals surface area contributed by atoms with Gasteiger partial charge >= 0.3 is 0 Å². The van der Waals surface area contributed by atoms with Gasteiger partial charge in [0.2, 0.25) is 5.89 Å². The van der Waals surface area contributed by atoms with Crippen molar-refractivity contribution in [2.75, 3.05) is 13.2 Å². The summed E-state index contributed by atoms with van der Waals surface area (Å²) in [7, 11) is 0. The van der Waals surface area contributed by atoms with E-state index < -0.39 is 6.10 Å². The van der Waals surface area contributed by atoms with Gasteiger partial charge in [-0.25, -0.2) is 0 Å². The Kier molecular flexibility index (Phi) is 4.08. The van der Waals surface area contributed by atoms with E-state index in [9.17, 15) is 5.11 Å². The minimum absolute atomic E-state index is 0.193. The third-order valence-electron chi connectivity index (χ3n) is 3.60. The lowest BCUT2D eigenvalue weighted by atomic mass is 9.99. The molecule has 3 rings (SSSR count). The summed E-state index contributed by atoms with van der Waals surface area (Å²) in [4.78, 5) is 4.38. The van der Waals surface area contributed by atoms with E-state index in [0.717, 1.165) is 12.8 Å². The van der Waals surface area contributed by atoms with Crippen molar-refractivity contribution in [3.8, 4) is 0 Å². The fourth-order valence-corrected chi connectivity index (χ4v) is 2.38. The Hall–Kier alpha value is -1.72. The molecule has 1 aromatic heterocycles. The average molecular weight is 274 g/mol. The maximum Gasteiger partial charge on any atom is 0.234 e. The number of aryl methyl sites for hydroxylation is 2. The van der Waals surface area contributed by atoms with Gasteiger partial charge in [0.1, 0.15) is 0 Å². The van der Waals surface area contributed by atoms with E-state index in [1.54, 1.807) is 0 Å². The third-order valence-corrected chi connectivity index (χ3v) is 3.60. The molecule has 2 aromatic rings. The van der Waals surface area contributed by atoms with Gasteiger partial charge < -0.3 is 14.4 Å². The van der Waals surface area contributed by atoms with Crippen molar-refractivity contribution in [1.82, 2.24) is 10.1 Å². The molecule has 2 unspecified atom stereocenters. The number of nitrogens with zero attached hydrogens (tertiary/aromatic N) is 2. The first kappa shape index (κ1) is 13.3. The lowest BCUT2D eigenvalue weighted by Crippen LogP contribution is -2.30. The highest BCUT2D eigenvalue weighted by Crippen LogP contribution is 2.24. The SMILES string of the molecule is OC1CCOCC1c1nc(CCc2ccccc2)no1. The highest BCUT2D eigenvalue weighted by Gasteiger charge is 2.30. The van der Waals surface area contributed by atoms with Crippen molar-refractivity contribution >= 4 is 0 Å². The average Bonchev–Trinajstić information content (AvgIpc) is 2.95. The van der Waals surface area contributed by atoms with Crippen LogP contribution in [-0.4, -0.2) is 34.6 Å². The second-order valence-electron chi connectivity index (χ2n) is 5.07. The number of aliphatic hydroxyl groups is 1. The molecule has 0 aliphatic carbocycles. The molecule has 20 heavy (non-hydrogen) atoms. The van der Waals surface area contributed by atoms with Crippen molar-refractivity contribution in [1.29, 1.82) is 0 Å². The fourth-order valence-electron chi connectivity index (χ4n) is 2.38. The molecular weight excluding hydrogens is 256 g/mol. The number of aromatic nitrogens is 2. The topological polar surface area (TPSA) is 68.4 Å². The third kappa shape index (κ3) is 3.05. The van der Waals surface area contributed by atoms with Crippen molar-refractivity contribution in [2.24, 2.45) is 0 Å². The van der Waals surface area contributed by atoms with Gasteiger partial charge in [-0.2, -0.15) is 4.98 Å². The van der Waals surface area contributed by atoms with Gasteiger partial charge in [0.05, 0.1) is 18.6 Å². The summed E-state index contributed by atoms with van der Waals surface area (Å²) in [5.41, 5.74) is 1.25. The first-order valence-corrected chi connectivity index (χ1v) is 6.95. The van der Waals surface area contributed by atoms with Crippen molar-refractivity contribution in [2.45, 2.75) is 31.3 Å². The molecule has 1 aromatic carbocycles. The number of aliphatic hydroxyl groups excluding tert-OH is 1. The number of hydrogen-bond donors (Lipinski definition) is 1.